The molecule has 1 aromatic carbocycles. The molecule has 2 saturated carbocycles. The molecule has 22 heavy (non-hydrogen) atoms. The Labute approximate surface area is 131 Å². The van der Waals surface area contributed by atoms with Crippen molar-refractivity contribution in [3.63, 3.8) is 0 Å². The number of aliphatic hydroxyl groups is 1. The van der Waals surface area contributed by atoms with Crippen LogP contribution in [0.3, 0.4) is 0 Å². The molecule has 2 aliphatic carbocycles. The lowest BCUT2D eigenvalue weighted by Crippen LogP contribution is -2.25. The number of hydrogen-bond acceptors (Lipinski definition) is 2. The molecule has 0 bridgehead atoms. The predicted octanol–water partition coefficient (Wildman–Crippen LogP) is 4.35. The van der Waals surface area contributed by atoms with Gasteiger partial charge in [-0.15, -0.1) is 0 Å². The molecule has 1 aromatic rings. The number of Topliss-reactive ketones (excluding diaryl/α,β-unsaturated/α-hetero) is 1. The van der Waals surface area contributed by atoms with Crippen LogP contribution in [-0.2, 0) is 11.4 Å². The monoisotopic (exact) mass is 304 g/mol. The van der Waals surface area contributed by atoms with E-state index in [1.165, 1.54) is 6.07 Å². The number of rotatable bonds is 3. The topological polar surface area (TPSA) is 37.3 Å². The van der Waals surface area contributed by atoms with Crippen molar-refractivity contribution in [1.82, 2.24) is 0 Å². The van der Waals surface area contributed by atoms with Gasteiger partial charge in [0, 0.05) is 12.8 Å². The quantitative estimate of drug-likeness (QED) is 0.901. The summed E-state index contributed by atoms with van der Waals surface area (Å²) in [6.45, 7) is -0.107. The first kappa shape index (κ1) is 15.7. The first-order valence-electron chi connectivity index (χ1n) is 8.58. The van der Waals surface area contributed by atoms with Crippen molar-refractivity contribution in [3.8, 4) is 0 Å². The fraction of sp³-hybridized carbons (Fsp3) is 0.632. The van der Waals surface area contributed by atoms with Crippen LogP contribution in [0.2, 0.25) is 0 Å². The molecule has 0 spiro atoms. The van der Waals surface area contributed by atoms with Crippen LogP contribution in [0.15, 0.2) is 18.2 Å². The fourth-order valence-corrected chi connectivity index (χ4v) is 4.34. The van der Waals surface area contributed by atoms with Gasteiger partial charge in [-0.2, -0.15) is 0 Å². The summed E-state index contributed by atoms with van der Waals surface area (Å²) >= 11 is 0. The van der Waals surface area contributed by atoms with E-state index in [4.69, 9.17) is 5.11 Å². The summed E-state index contributed by atoms with van der Waals surface area (Å²) in [4.78, 5) is 11.4. The van der Waals surface area contributed by atoms with E-state index < -0.39 is 0 Å². The average molecular weight is 304 g/mol. The van der Waals surface area contributed by atoms with Crippen molar-refractivity contribution in [2.75, 3.05) is 0 Å². The van der Waals surface area contributed by atoms with E-state index in [2.05, 4.69) is 0 Å². The Morgan fingerprint density at radius 3 is 2.23 bits per heavy atom. The van der Waals surface area contributed by atoms with Gasteiger partial charge in [0.25, 0.3) is 0 Å². The highest BCUT2D eigenvalue weighted by Crippen LogP contribution is 2.43. The number of benzene rings is 1. The van der Waals surface area contributed by atoms with Crippen LogP contribution in [0.4, 0.5) is 4.39 Å². The van der Waals surface area contributed by atoms with Crippen molar-refractivity contribution in [2.45, 2.75) is 63.9 Å². The van der Waals surface area contributed by atoms with Crippen LogP contribution in [0, 0.1) is 17.7 Å². The number of ketones is 1. The van der Waals surface area contributed by atoms with Gasteiger partial charge in [-0.05, 0) is 73.5 Å². The van der Waals surface area contributed by atoms with Crippen molar-refractivity contribution in [3.05, 3.63) is 35.1 Å². The molecule has 0 amide bonds. The van der Waals surface area contributed by atoms with Crippen LogP contribution in [0.25, 0.3) is 0 Å². The van der Waals surface area contributed by atoms with Crippen molar-refractivity contribution in [1.29, 1.82) is 0 Å². The van der Waals surface area contributed by atoms with E-state index in [1.807, 2.05) is 12.1 Å². The molecule has 0 aromatic heterocycles. The van der Waals surface area contributed by atoms with Gasteiger partial charge in [-0.25, -0.2) is 4.39 Å². The maximum atomic E-state index is 14.2. The third kappa shape index (κ3) is 3.40. The van der Waals surface area contributed by atoms with Gasteiger partial charge in [0.15, 0.2) is 0 Å². The Morgan fingerprint density at radius 1 is 1.00 bits per heavy atom. The fourth-order valence-electron chi connectivity index (χ4n) is 4.34. The van der Waals surface area contributed by atoms with E-state index >= 15 is 0 Å². The lowest BCUT2D eigenvalue weighted by atomic mass is 9.69. The van der Waals surface area contributed by atoms with Gasteiger partial charge in [0.2, 0.25) is 0 Å². The Balaban J connectivity index is 1.58. The lowest BCUT2D eigenvalue weighted by molar-refractivity contribution is -0.121. The number of carbonyl (C=O) groups is 1. The molecule has 0 saturated heterocycles. The molecule has 2 nitrogen and oxygen atoms in total. The minimum atomic E-state index is -0.168. The van der Waals surface area contributed by atoms with Gasteiger partial charge in [0.1, 0.15) is 11.6 Å². The van der Waals surface area contributed by atoms with Crippen molar-refractivity contribution >= 4 is 5.78 Å². The molecular weight excluding hydrogens is 279 g/mol. The van der Waals surface area contributed by atoms with Crippen molar-refractivity contribution in [2.24, 2.45) is 11.8 Å². The van der Waals surface area contributed by atoms with E-state index in [0.29, 0.717) is 23.2 Å². The molecule has 0 heterocycles. The first-order valence-corrected chi connectivity index (χ1v) is 8.58. The van der Waals surface area contributed by atoms with Crippen LogP contribution >= 0.6 is 0 Å². The molecule has 3 heteroatoms. The highest BCUT2D eigenvalue weighted by atomic mass is 19.1. The Hall–Kier alpha value is -1.22. The third-order valence-electron chi connectivity index (χ3n) is 5.71. The van der Waals surface area contributed by atoms with Crippen LogP contribution in [-0.4, -0.2) is 10.9 Å². The zero-order chi connectivity index (χ0) is 15.5. The zero-order valence-electron chi connectivity index (χ0n) is 13.1. The normalized spacial score (nSPS) is 27.1. The molecule has 2 aliphatic rings. The molecule has 1 N–H and O–H groups in total. The third-order valence-corrected chi connectivity index (χ3v) is 5.71. The second-order valence-electron chi connectivity index (χ2n) is 7.00. The predicted molar refractivity (Wildman–Crippen MR) is 84.0 cm³/mol. The Kier molecular flexibility index (Phi) is 4.92. The van der Waals surface area contributed by atoms with E-state index in [9.17, 15) is 9.18 Å². The van der Waals surface area contributed by atoms with Crippen LogP contribution in [0.5, 0.6) is 0 Å². The standard InChI is InChI=1S/C19H25FO2/c20-19-11-13(12-21)1-10-18(19)16-4-2-14(3-5-16)15-6-8-17(22)9-7-15/h1,10-11,14-16,21H,2-9,12H2/t14-,16-. The highest BCUT2D eigenvalue weighted by Gasteiger charge is 2.31. The summed E-state index contributed by atoms with van der Waals surface area (Å²) in [5, 5.41) is 9.07. The molecule has 0 atom stereocenters. The lowest BCUT2D eigenvalue weighted by Gasteiger charge is -2.35. The summed E-state index contributed by atoms with van der Waals surface area (Å²) in [6.07, 6.45) is 8.07. The smallest absolute Gasteiger partial charge is 0.132 e. The zero-order valence-corrected chi connectivity index (χ0v) is 13.1. The van der Waals surface area contributed by atoms with E-state index in [1.54, 1.807) is 0 Å². The minimum absolute atomic E-state index is 0.107. The Morgan fingerprint density at radius 2 is 1.64 bits per heavy atom. The molecule has 0 radical (unpaired) electrons. The van der Waals surface area contributed by atoms with Gasteiger partial charge < -0.3 is 5.11 Å². The van der Waals surface area contributed by atoms with E-state index in [0.717, 1.165) is 62.8 Å². The van der Waals surface area contributed by atoms with Gasteiger partial charge in [0.05, 0.1) is 6.61 Å². The Bertz CT molecular complexity index is 522. The van der Waals surface area contributed by atoms with Gasteiger partial charge in [-0.3, -0.25) is 4.79 Å². The van der Waals surface area contributed by atoms with E-state index in [-0.39, 0.29) is 12.4 Å². The van der Waals surface area contributed by atoms with Crippen LogP contribution in [0.1, 0.15) is 68.4 Å². The summed E-state index contributed by atoms with van der Waals surface area (Å²) < 4.78 is 14.2. The first-order chi connectivity index (χ1) is 10.7. The SMILES string of the molecule is O=C1CCC([C@H]2CC[C@H](c3ccc(CO)cc3F)CC2)CC1. The maximum Gasteiger partial charge on any atom is 0.132 e. The summed E-state index contributed by atoms with van der Waals surface area (Å²) in [7, 11) is 0. The molecule has 0 unspecified atom stereocenters. The molecule has 3 rings (SSSR count). The number of halogens is 1. The second-order valence-corrected chi connectivity index (χ2v) is 7.00. The van der Waals surface area contributed by atoms with Gasteiger partial charge >= 0.3 is 0 Å². The molecular formula is C19H25FO2. The highest BCUT2D eigenvalue weighted by molar-refractivity contribution is 5.79. The maximum absolute atomic E-state index is 14.2. The van der Waals surface area contributed by atoms with Crippen LogP contribution < -0.4 is 0 Å². The van der Waals surface area contributed by atoms with Crippen molar-refractivity contribution < 1.29 is 14.3 Å². The minimum Gasteiger partial charge on any atom is -0.392 e. The molecule has 0 aliphatic heterocycles. The molecule has 2 fully saturated rings. The van der Waals surface area contributed by atoms with Gasteiger partial charge in [-0.1, -0.05) is 12.1 Å². The number of carbonyl (C=O) groups excluding carboxylic acids is 1. The second kappa shape index (κ2) is 6.91. The summed E-state index contributed by atoms with van der Waals surface area (Å²) in [6, 6.07) is 5.15. The summed E-state index contributed by atoms with van der Waals surface area (Å²) in [5.74, 6) is 2.01. The number of aliphatic hydroxyl groups excluding tert-OH is 1. The largest absolute Gasteiger partial charge is 0.392 e. The summed E-state index contributed by atoms with van der Waals surface area (Å²) in [5.41, 5.74) is 1.45. The average Bonchev–Trinajstić information content (AvgIpc) is 2.56. The number of hydrogen-bond donors (Lipinski definition) is 1. The molecule has 120 valence electrons.